The number of imidazole rings is 2. The number of hydrogen-bond donors (Lipinski definition) is 5. The fourth-order valence-corrected chi connectivity index (χ4v) is 4.68. The van der Waals surface area contributed by atoms with E-state index in [1.807, 2.05) is 90.2 Å². The molecule has 4 aromatic rings. The maximum Gasteiger partial charge on any atom is 0.243 e. The third kappa shape index (κ3) is 7.97. The Labute approximate surface area is 247 Å². The standard InChI is InChI=1S/C32H40N10/c1-39-17-19-41(23-39)15-3-13-35-25-5-9-27(10-6-25)37-31-22-32(30(34)21-29(31)33)38-28-11-7-26(8-12-28)36-14-4-16-42-20-18-40(2)24-42/h5-12,17-24,33,35-37H,3-4,13-16,34H2,1-2H3/q+2/b33-29?,38-32-. The van der Waals surface area contributed by atoms with Crippen LogP contribution in [-0.4, -0.2) is 33.6 Å². The van der Waals surface area contributed by atoms with Gasteiger partial charge < -0.3 is 21.7 Å². The molecule has 2 aromatic heterocycles. The van der Waals surface area contributed by atoms with Crippen LogP contribution in [0, 0.1) is 5.41 Å². The van der Waals surface area contributed by atoms with Gasteiger partial charge in [-0.1, -0.05) is 0 Å². The van der Waals surface area contributed by atoms with E-state index in [1.165, 1.54) is 0 Å². The second kappa shape index (κ2) is 13.5. The number of hydrogen-bond acceptors (Lipinski definition) is 6. The molecule has 0 spiro atoms. The van der Waals surface area contributed by atoms with Gasteiger partial charge in [0.25, 0.3) is 0 Å². The van der Waals surface area contributed by atoms with E-state index in [0.717, 1.165) is 61.8 Å². The predicted octanol–water partition coefficient (Wildman–Crippen LogP) is 3.89. The van der Waals surface area contributed by atoms with Crippen LogP contribution in [0.2, 0.25) is 0 Å². The highest BCUT2D eigenvalue weighted by Gasteiger charge is 2.15. The minimum Gasteiger partial charge on any atom is -0.397 e. The first-order valence-electron chi connectivity index (χ1n) is 14.2. The van der Waals surface area contributed by atoms with E-state index in [9.17, 15) is 0 Å². The molecule has 0 unspecified atom stereocenters. The van der Waals surface area contributed by atoms with Crippen molar-refractivity contribution in [3.8, 4) is 0 Å². The molecule has 10 nitrogen and oxygen atoms in total. The molecule has 2 heterocycles. The first-order chi connectivity index (χ1) is 20.4. The summed E-state index contributed by atoms with van der Waals surface area (Å²) in [5, 5.41) is 18.7. The molecule has 10 heteroatoms. The van der Waals surface area contributed by atoms with Crippen molar-refractivity contribution in [2.45, 2.75) is 25.9 Å². The van der Waals surface area contributed by atoms with Gasteiger partial charge in [-0.3, -0.25) is 5.41 Å². The molecule has 5 rings (SSSR count). The molecule has 0 bridgehead atoms. The minimum absolute atomic E-state index is 0.320. The normalized spacial score (nSPS) is 14.0. The highest BCUT2D eigenvalue weighted by molar-refractivity contribution is 6.23. The monoisotopic (exact) mass is 564 g/mol. The summed E-state index contributed by atoms with van der Waals surface area (Å²) < 4.78 is 8.45. The van der Waals surface area contributed by atoms with Gasteiger partial charge in [0.15, 0.2) is 0 Å². The Kier molecular flexibility index (Phi) is 9.13. The van der Waals surface area contributed by atoms with Crippen LogP contribution >= 0.6 is 0 Å². The van der Waals surface area contributed by atoms with E-state index in [4.69, 9.17) is 16.1 Å². The van der Waals surface area contributed by atoms with Gasteiger partial charge in [0.1, 0.15) is 24.8 Å². The Balaban J connectivity index is 1.12. The zero-order valence-corrected chi connectivity index (χ0v) is 24.3. The molecule has 2 aromatic carbocycles. The smallest absolute Gasteiger partial charge is 0.243 e. The van der Waals surface area contributed by atoms with Crippen LogP contribution in [0.25, 0.3) is 0 Å². The molecule has 0 saturated carbocycles. The van der Waals surface area contributed by atoms with Crippen LogP contribution in [0.1, 0.15) is 12.8 Å². The van der Waals surface area contributed by atoms with Gasteiger partial charge in [-0.2, -0.15) is 0 Å². The van der Waals surface area contributed by atoms with Gasteiger partial charge in [-0.25, -0.2) is 23.3 Å². The zero-order chi connectivity index (χ0) is 29.3. The SMILES string of the molecule is C[n+]1ccn(CCCNc2ccc(/N=C3/C=C(Nc4ccc(NCCCn5cc[n+](C)c5)cc4)C(=N)C=C3N)cc2)c1. The fourth-order valence-electron chi connectivity index (χ4n) is 4.68. The Morgan fingerprint density at radius 2 is 1.29 bits per heavy atom. The van der Waals surface area contributed by atoms with Crippen LogP contribution in [-0.2, 0) is 27.2 Å². The molecule has 42 heavy (non-hydrogen) atoms. The largest absolute Gasteiger partial charge is 0.397 e. The van der Waals surface area contributed by atoms with Crippen molar-refractivity contribution < 1.29 is 9.13 Å². The van der Waals surface area contributed by atoms with Crippen LogP contribution < -0.4 is 30.8 Å². The summed E-state index contributed by atoms with van der Waals surface area (Å²) in [7, 11) is 4.05. The van der Waals surface area contributed by atoms with Gasteiger partial charge in [-0.05, 0) is 60.7 Å². The topological polar surface area (TPSA) is 116 Å². The van der Waals surface area contributed by atoms with Gasteiger partial charge >= 0.3 is 0 Å². The molecule has 216 valence electrons. The van der Waals surface area contributed by atoms with Crippen LogP contribution in [0.5, 0.6) is 0 Å². The fraction of sp³-hybridized carbons (Fsp3) is 0.250. The molecule has 0 radical (unpaired) electrons. The van der Waals surface area contributed by atoms with Crippen molar-refractivity contribution >= 4 is 34.2 Å². The molecule has 0 aliphatic heterocycles. The summed E-state index contributed by atoms with van der Waals surface area (Å²) in [5.74, 6) is 0. The van der Waals surface area contributed by atoms with E-state index in [0.29, 0.717) is 22.8 Å². The lowest BCUT2D eigenvalue weighted by Gasteiger charge is -2.17. The average Bonchev–Trinajstić information content (AvgIpc) is 3.60. The molecular weight excluding hydrogens is 524 g/mol. The molecule has 0 fully saturated rings. The second-order valence-electron chi connectivity index (χ2n) is 10.5. The van der Waals surface area contributed by atoms with Crippen molar-refractivity contribution in [2.24, 2.45) is 24.8 Å². The number of aryl methyl sites for hydroxylation is 4. The highest BCUT2D eigenvalue weighted by Crippen LogP contribution is 2.21. The molecule has 1 aliphatic carbocycles. The van der Waals surface area contributed by atoms with Crippen molar-refractivity contribution in [3.05, 3.63) is 110 Å². The van der Waals surface area contributed by atoms with Gasteiger partial charge in [0.05, 0.1) is 55.7 Å². The number of benzene rings is 2. The Morgan fingerprint density at radius 3 is 1.81 bits per heavy atom. The summed E-state index contributed by atoms with van der Waals surface area (Å²) in [5.41, 5.74) is 12.1. The molecule has 0 atom stereocenters. The molecule has 0 amide bonds. The number of aromatic nitrogens is 4. The van der Waals surface area contributed by atoms with Crippen molar-refractivity contribution in [1.82, 2.24) is 9.13 Å². The summed E-state index contributed by atoms with van der Waals surface area (Å²) >= 11 is 0. The quantitative estimate of drug-likeness (QED) is 0.0963. The van der Waals surface area contributed by atoms with E-state index < -0.39 is 0 Å². The first-order valence-corrected chi connectivity index (χ1v) is 14.2. The van der Waals surface area contributed by atoms with Gasteiger partial charge in [-0.15, -0.1) is 0 Å². The number of nitrogens with one attached hydrogen (secondary N) is 4. The predicted molar refractivity (Wildman–Crippen MR) is 169 cm³/mol. The Morgan fingerprint density at radius 1 is 0.762 bits per heavy atom. The molecule has 1 aliphatic rings. The number of anilines is 3. The Hall–Kier alpha value is -5.12. The number of rotatable bonds is 13. The van der Waals surface area contributed by atoms with E-state index in [1.54, 1.807) is 6.08 Å². The Bertz CT molecular complexity index is 1590. The molecule has 0 saturated heterocycles. The van der Waals surface area contributed by atoms with Crippen molar-refractivity contribution in [2.75, 3.05) is 29.0 Å². The number of nitrogens with zero attached hydrogens (tertiary/aromatic N) is 5. The third-order valence-electron chi connectivity index (χ3n) is 6.94. The molecule has 6 N–H and O–H groups in total. The second-order valence-corrected chi connectivity index (χ2v) is 10.5. The number of aliphatic imine (C=N–C) groups is 1. The van der Waals surface area contributed by atoms with Crippen molar-refractivity contribution in [3.63, 3.8) is 0 Å². The number of allylic oxidation sites excluding steroid dienone is 2. The lowest BCUT2D eigenvalue weighted by Crippen LogP contribution is -2.23. The van der Waals surface area contributed by atoms with E-state index in [-0.39, 0.29) is 0 Å². The van der Waals surface area contributed by atoms with Crippen LogP contribution in [0.15, 0.2) is 115 Å². The molecular formula is C32H40N10+2. The van der Waals surface area contributed by atoms with E-state index >= 15 is 0 Å². The summed E-state index contributed by atoms with van der Waals surface area (Å²) in [6.45, 7) is 3.72. The van der Waals surface area contributed by atoms with Crippen LogP contribution in [0.3, 0.4) is 0 Å². The van der Waals surface area contributed by atoms with E-state index in [2.05, 4.69) is 50.1 Å². The van der Waals surface area contributed by atoms with Crippen LogP contribution in [0.4, 0.5) is 22.7 Å². The number of nitrogens with two attached hydrogens (primary N) is 1. The lowest BCUT2D eigenvalue weighted by atomic mass is 10.0. The lowest BCUT2D eigenvalue weighted by molar-refractivity contribution is -0.671. The highest BCUT2D eigenvalue weighted by atomic mass is 15.1. The summed E-state index contributed by atoms with van der Waals surface area (Å²) in [6, 6.07) is 16.1. The minimum atomic E-state index is 0.320. The summed E-state index contributed by atoms with van der Waals surface area (Å²) in [6.07, 6.45) is 18.0. The third-order valence-corrected chi connectivity index (χ3v) is 6.94. The maximum absolute atomic E-state index is 8.42. The van der Waals surface area contributed by atoms with Gasteiger partial charge in [0, 0.05) is 43.0 Å². The zero-order valence-electron chi connectivity index (χ0n) is 24.3. The maximum atomic E-state index is 8.42. The van der Waals surface area contributed by atoms with Crippen molar-refractivity contribution in [1.29, 1.82) is 5.41 Å². The van der Waals surface area contributed by atoms with Gasteiger partial charge in [0.2, 0.25) is 12.7 Å². The first kappa shape index (κ1) is 28.4. The summed E-state index contributed by atoms with van der Waals surface area (Å²) in [4.78, 5) is 4.75. The average molecular weight is 565 g/mol.